The lowest BCUT2D eigenvalue weighted by atomic mass is 9.72. The Morgan fingerprint density at radius 3 is 2.47 bits per heavy atom. The van der Waals surface area contributed by atoms with E-state index in [-0.39, 0.29) is 5.92 Å². The van der Waals surface area contributed by atoms with Gasteiger partial charge in [0.05, 0.1) is 12.0 Å². The maximum atomic E-state index is 11.0. The topological polar surface area (TPSA) is 46.5 Å². The first kappa shape index (κ1) is 21.2. The van der Waals surface area contributed by atoms with Crippen LogP contribution in [0.3, 0.4) is 0 Å². The van der Waals surface area contributed by atoms with Gasteiger partial charge in [-0.15, -0.1) is 0 Å². The van der Waals surface area contributed by atoms with Crippen molar-refractivity contribution in [2.75, 3.05) is 0 Å². The summed E-state index contributed by atoms with van der Waals surface area (Å²) in [4.78, 5) is 11.0. The standard InChI is InChI=1S/C27H36O3/c1-27(2,3)22-10-12-23(13-11-22)30-25-6-4-5-20-15-18(9-14-24(20)25)7-8-19-16-21(17-19)26(28)29/h4-6,9,14-15,19,21-23H,7-8,10-13,16-17H2,1-3H3,(H,28,29). The van der Waals surface area contributed by atoms with Gasteiger partial charge in [0.25, 0.3) is 0 Å². The lowest BCUT2D eigenvalue weighted by Crippen LogP contribution is -2.30. The minimum atomic E-state index is -0.628. The number of rotatable bonds is 6. The number of hydrogen-bond acceptors (Lipinski definition) is 2. The van der Waals surface area contributed by atoms with Crippen LogP contribution in [0.15, 0.2) is 36.4 Å². The van der Waals surface area contributed by atoms with Crippen molar-refractivity contribution in [2.24, 2.45) is 23.2 Å². The van der Waals surface area contributed by atoms with Gasteiger partial charge in [-0.3, -0.25) is 4.79 Å². The molecule has 0 aromatic heterocycles. The smallest absolute Gasteiger partial charge is 0.306 e. The summed E-state index contributed by atoms with van der Waals surface area (Å²) in [7, 11) is 0. The highest BCUT2D eigenvalue weighted by Gasteiger charge is 2.34. The number of aryl methyl sites for hydroxylation is 1. The maximum absolute atomic E-state index is 11.0. The maximum Gasteiger partial charge on any atom is 0.306 e. The van der Waals surface area contributed by atoms with Crippen LogP contribution in [0.5, 0.6) is 5.75 Å². The van der Waals surface area contributed by atoms with Crippen LogP contribution in [0, 0.1) is 23.2 Å². The number of carboxylic acid groups (broad SMARTS) is 1. The molecule has 2 fully saturated rings. The summed E-state index contributed by atoms with van der Waals surface area (Å²) >= 11 is 0. The van der Waals surface area contributed by atoms with Crippen LogP contribution >= 0.6 is 0 Å². The molecule has 0 saturated heterocycles. The van der Waals surface area contributed by atoms with Gasteiger partial charge in [0.2, 0.25) is 0 Å². The van der Waals surface area contributed by atoms with Gasteiger partial charge in [0, 0.05) is 5.39 Å². The highest BCUT2D eigenvalue weighted by Crippen LogP contribution is 2.40. The minimum Gasteiger partial charge on any atom is -0.490 e. The predicted octanol–water partition coefficient (Wildman–Crippen LogP) is 6.87. The molecule has 4 rings (SSSR count). The summed E-state index contributed by atoms with van der Waals surface area (Å²) in [5, 5.41) is 11.5. The summed E-state index contributed by atoms with van der Waals surface area (Å²) in [6, 6.07) is 13.1. The van der Waals surface area contributed by atoms with Gasteiger partial charge < -0.3 is 9.84 Å². The molecule has 0 bridgehead atoms. The fraction of sp³-hybridized carbons (Fsp3) is 0.593. The van der Waals surface area contributed by atoms with E-state index in [1.807, 2.05) is 0 Å². The molecule has 0 aliphatic heterocycles. The molecule has 1 N–H and O–H groups in total. The molecule has 2 aliphatic carbocycles. The van der Waals surface area contributed by atoms with E-state index in [2.05, 4.69) is 57.2 Å². The minimum absolute atomic E-state index is 0.107. The van der Waals surface area contributed by atoms with E-state index < -0.39 is 5.97 Å². The molecule has 3 heteroatoms. The number of hydrogen-bond donors (Lipinski definition) is 1. The summed E-state index contributed by atoms with van der Waals surface area (Å²) < 4.78 is 6.47. The summed E-state index contributed by atoms with van der Waals surface area (Å²) in [5.74, 6) is 1.65. The molecule has 0 radical (unpaired) electrons. The SMILES string of the molecule is CC(C)(C)C1CCC(Oc2cccc3cc(CCC4CC(C(=O)O)C4)ccc23)CC1. The zero-order valence-electron chi connectivity index (χ0n) is 18.7. The van der Waals surface area contributed by atoms with Crippen LogP contribution in [0.1, 0.15) is 71.3 Å². The number of fused-ring (bicyclic) bond motifs is 1. The van der Waals surface area contributed by atoms with E-state index in [9.17, 15) is 4.79 Å². The van der Waals surface area contributed by atoms with Crippen molar-refractivity contribution in [1.82, 2.24) is 0 Å². The monoisotopic (exact) mass is 408 g/mol. The Bertz CT molecular complexity index is 881. The van der Waals surface area contributed by atoms with E-state index in [0.717, 1.165) is 50.2 Å². The molecule has 0 atom stereocenters. The lowest BCUT2D eigenvalue weighted by molar-refractivity contribution is -0.146. The Morgan fingerprint density at radius 2 is 1.80 bits per heavy atom. The van der Waals surface area contributed by atoms with E-state index in [1.165, 1.54) is 29.2 Å². The molecule has 2 saturated carbocycles. The second-order valence-corrected chi connectivity index (χ2v) is 10.7. The van der Waals surface area contributed by atoms with Crippen LogP contribution in [0.2, 0.25) is 0 Å². The van der Waals surface area contributed by atoms with Gasteiger partial charge in [-0.2, -0.15) is 0 Å². The average Bonchev–Trinajstić information content (AvgIpc) is 2.66. The van der Waals surface area contributed by atoms with Gasteiger partial charge in [-0.05, 0) is 85.6 Å². The van der Waals surface area contributed by atoms with Crippen molar-refractivity contribution in [3.8, 4) is 5.75 Å². The Morgan fingerprint density at radius 1 is 1.07 bits per heavy atom. The van der Waals surface area contributed by atoms with Crippen LogP contribution < -0.4 is 4.74 Å². The molecule has 0 unspecified atom stereocenters. The fourth-order valence-electron chi connectivity index (χ4n) is 5.33. The van der Waals surface area contributed by atoms with Gasteiger partial charge in [0.15, 0.2) is 0 Å². The predicted molar refractivity (Wildman–Crippen MR) is 122 cm³/mol. The van der Waals surface area contributed by atoms with Crippen LogP contribution in [0.25, 0.3) is 10.8 Å². The third-order valence-electron chi connectivity index (χ3n) is 7.52. The highest BCUT2D eigenvalue weighted by atomic mass is 16.5. The van der Waals surface area contributed by atoms with Crippen LogP contribution in [0.4, 0.5) is 0 Å². The van der Waals surface area contributed by atoms with E-state index in [0.29, 0.717) is 17.4 Å². The molecular weight excluding hydrogens is 372 g/mol. The Hall–Kier alpha value is -2.03. The molecule has 2 aliphatic rings. The van der Waals surface area contributed by atoms with Crippen molar-refractivity contribution >= 4 is 16.7 Å². The normalized spacial score (nSPS) is 26.9. The molecule has 2 aromatic rings. The third-order valence-corrected chi connectivity index (χ3v) is 7.52. The molecule has 3 nitrogen and oxygen atoms in total. The summed E-state index contributed by atoms with van der Waals surface area (Å²) in [6.45, 7) is 7.07. The van der Waals surface area contributed by atoms with Gasteiger partial charge in [0.1, 0.15) is 5.75 Å². The zero-order valence-corrected chi connectivity index (χ0v) is 18.7. The second kappa shape index (κ2) is 8.61. The molecule has 162 valence electrons. The van der Waals surface area contributed by atoms with Gasteiger partial charge in [-0.25, -0.2) is 0 Å². The van der Waals surface area contributed by atoms with Crippen molar-refractivity contribution in [1.29, 1.82) is 0 Å². The molecule has 0 spiro atoms. The molecule has 30 heavy (non-hydrogen) atoms. The van der Waals surface area contributed by atoms with Gasteiger partial charge >= 0.3 is 5.97 Å². The molecule has 0 amide bonds. The Kier molecular flexibility index (Phi) is 6.09. The van der Waals surface area contributed by atoms with Crippen molar-refractivity contribution in [3.63, 3.8) is 0 Å². The second-order valence-electron chi connectivity index (χ2n) is 10.7. The number of benzene rings is 2. The number of aliphatic carboxylic acids is 1. The Labute approximate surface area is 180 Å². The first-order valence-corrected chi connectivity index (χ1v) is 11.7. The van der Waals surface area contributed by atoms with Crippen molar-refractivity contribution in [3.05, 3.63) is 42.0 Å². The first-order valence-electron chi connectivity index (χ1n) is 11.7. The van der Waals surface area contributed by atoms with Crippen LogP contribution in [-0.4, -0.2) is 17.2 Å². The molecule has 0 heterocycles. The number of carboxylic acids is 1. The van der Waals surface area contributed by atoms with E-state index >= 15 is 0 Å². The summed E-state index contributed by atoms with van der Waals surface area (Å²) in [5.41, 5.74) is 1.73. The molecular formula is C27H36O3. The van der Waals surface area contributed by atoms with E-state index in [1.54, 1.807) is 0 Å². The first-order chi connectivity index (χ1) is 14.3. The Balaban J connectivity index is 1.36. The highest BCUT2D eigenvalue weighted by molar-refractivity contribution is 5.88. The van der Waals surface area contributed by atoms with Crippen molar-refractivity contribution in [2.45, 2.75) is 78.2 Å². The van der Waals surface area contributed by atoms with Crippen molar-refractivity contribution < 1.29 is 14.6 Å². The quantitative estimate of drug-likeness (QED) is 0.567. The zero-order chi connectivity index (χ0) is 21.3. The van der Waals surface area contributed by atoms with Crippen LogP contribution in [-0.2, 0) is 11.2 Å². The number of carbonyl (C=O) groups is 1. The lowest BCUT2D eigenvalue weighted by Gasteiger charge is -2.37. The third kappa shape index (κ3) is 4.82. The van der Waals surface area contributed by atoms with Gasteiger partial charge in [-0.1, -0.05) is 51.1 Å². The largest absolute Gasteiger partial charge is 0.490 e. The number of ether oxygens (including phenoxy) is 1. The summed E-state index contributed by atoms with van der Waals surface area (Å²) in [6.07, 6.45) is 8.94. The molecule has 2 aromatic carbocycles. The average molecular weight is 409 g/mol. The van der Waals surface area contributed by atoms with E-state index in [4.69, 9.17) is 9.84 Å². The fourth-order valence-corrected chi connectivity index (χ4v) is 5.33.